The zero-order chi connectivity index (χ0) is 26.9. The zero-order valence-electron chi connectivity index (χ0n) is 21.9. The summed E-state index contributed by atoms with van der Waals surface area (Å²) in [6.45, 7) is 5.14. The average Bonchev–Trinajstić information content (AvgIpc) is 3.56. The normalized spacial score (nSPS) is 14.5. The number of carbonyl (C=O) groups is 1. The van der Waals surface area contributed by atoms with Crippen LogP contribution in [0.2, 0.25) is 0 Å². The number of thioether (sulfide) groups is 1. The average molecular weight is 536 g/mol. The second-order valence-electron chi connectivity index (χ2n) is 10.0. The van der Waals surface area contributed by atoms with E-state index in [-0.39, 0.29) is 23.9 Å². The van der Waals surface area contributed by atoms with E-state index in [4.69, 9.17) is 4.98 Å². The molecule has 0 saturated heterocycles. The van der Waals surface area contributed by atoms with E-state index in [1.54, 1.807) is 15.4 Å². The first-order valence-electron chi connectivity index (χ1n) is 13.0. The minimum absolute atomic E-state index is 0.0129. The van der Waals surface area contributed by atoms with Crippen LogP contribution >= 0.6 is 11.8 Å². The quantitative estimate of drug-likeness (QED) is 0.259. The van der Waals surface area contributed by atoms with Gasteiger partial charge in [-0.25, -0.2) is 9.67 Å². The number of rotatable bonds is 7. The Kier molecular flexibility index (Phi) is 6.79. The maximum atomic E-state index is 13.7. The lowest BCUT2D eigenvalue weighted by molar-refractivity contribution is -0.133. The molecule has 7 nitrogen and oxygen atoms in total. The highest BCUT2D eigenvalue weighted by atomic mass is 32.2. The summed E-state index contributed by atoms with van der Waals surface area (Å²) in [6.07, 6.45) is 1.82. The Bertz CT molecular complexity index is 1670. The van der Waals surface area contributed by atoms with E-state index in [2.05, 4.69) is 25.0 Å². The molecule has 0 N–H and O–H groups in total. The van der Waals surface area contributed by atoms with Gasteiger partial charge in [-0.15, -0.1) is 0 Å². The lowest BCUT2D eigenvalue weighted by atomic mass is 10.1. The second-order valence-corrected chi connectivity index (χ2v) is 11.0. The Hall–Kier alpha value is -4.17. The number of nitrogens with zero attached hydrogens (tertiary/aromatic N) is 5. The van der Waals surface area contributed by atoms with Crippen LogP contribution in [0, 0.1) is 13.8 Å². The van der Waals surface area contributed by atoms with E-state index in [0.717, 1.165) is 22.4 Å². The Labute approximate surface area is 231 Å². The van der Waals surface area contributed by atoms with Crippen LogP contribution < -0.4 is 5.56 Å². The fraction of sp³-hybridized carbons (Fsp3) is 0.226. The van der Waals surface area contributed by atoms with Gasteiger partial charge in [-0.2, -0.15) is 5.10 Å². The van der Waals surface area contributed by atoms with Crippen molar-refractivity contribution in [3.05, 3.63) is 118 Å². The predicted molar refractivity (Wildman–Crippen MR) is 154 cm³/mol. The minimum atomic E-state index is -0.263. The molecule has 0 aliphatic carbocycles. The summed E-state index contributed by atoms with van der Waals surface area (Å²) in [6, 6.07) is 25.8. The third-order valence-electron chi connectivity index (χ3n) is 7.30. The van der Waals surface area contributed by atoms with E-state index < -0.39 is 0 Å². The molecule has 6 rings (SSSR count). The molecule has 196 valence electrons. The molecule has 1 amide bonds. The Morgan fingerprint density at radius 2 is 1.62 bits per heavy atom. The summed E-state index contributed by atoms with van der Waals surface area (Å²) in [4.78, 5) is 34.1. The van der Waals surface area contributed by atoms with Crippen LogP contribution in [0.4, 0.5) is 0 Å². The monoisotopic (exact) mass is 535 g/mol. The van der Waals surface area contributed by atoms with Gasteiger partial charge in [-0.3, -0.25) is 14.2 Å². The third kappa shape index (κ3) is 5.00. The molecule has 1 atom stereocenters. The molecule has 1 aliphatic heterocycles. The van der Waals surface area contributed by atoms with Crippen molar-refractivity contribution in [1.82, 2.24) is 24.2 Å². The number of hydrogen-bond donors (Lipinski definition) is 0. The summed E-state index contributed by atoms with van der Waals surface area (Å²) in [5, 5.41) is 5.60. The first kappa shape index (κ1) is 25.1. The van der Waals surface area contributed by atoms with Crippen molar-refractivity contribution in [1.29, 1.82) is 0 Å². The summed E-state index contributed by atoms with van der Waals surface area (Å²) in [7, 11) is 0. The molecule has 0 radical (unpaired) electrons. The molecular formula is C31H29N5O2S. The summed E-state index contributed by atoms with van der Waals surface area (Å²) < 4.78 is 3.42. The number of benzene rings is 3. The highest BCUT2D eigenvalue weighted by Crippen LogP contribution is 2.34. The van der Waals surface area contributed by atoms with Gasteiger partial charge in [0.15, 0.2) is 10.8 Å². The Balaban J connectivity index is 1.29. The number of fused-ring (bicyclic) bond motifs is 2. The van der Waals surface area contributed by atoms with Crippen LogP contribution in [0.3, 0.4) is 0 Å². The maximum absolute atomic E-state index is 13.7. The van der Waals surface area contributed by atoms with Crippen LogP contribution in [0.15, 0.2) is 95.0 Å². The molecule has 0 spiro atoms. The van der Waals surface area contributed by atoms with Crippen molar-refractivity contribution in [3.63, 3.8) is 0 Å². The molecule has 3 aromatic carbocycles. The van der Waals surface area contributed by atoms with Gasteiger partial charge >= 0.3 is 0 Å². The molecule has 8 heteroatoms. The highest BCUT2D eigenvalue weighted by Gasteiger charge is 2.31. The fourth-order valence-electron chi connectivity index (χ4n) is 5.00. The van der Waals surface area contributed by atoms with Crippen LogP contribution in [0.25, 0.3) is 16.7 Å². The molecule has 2 aromatic heterocycles. The van der Waals surface area contributed by atoms with Gasteiger partial charge in [0.25, 0.3) is 5.56 Å². The van der Waals surface area contributed by atoms with Crippen LogP contribution in [0.1, 0.15) is 34.7 Å². The van der Waals surface area contributed by atoms with Crippen molar-refractivity contribution >= 4 is 28.7 Å². The van der Waals surface area contributed by atoms with Crippen LogP contribution in [0.5, 0.6) is 0 Å². The number of carbonyl (C=O) groups excluding carboxylic acids is 1. The van der Waals surface area contributed by atoms with Crippen molar-refractivity contribution < 1.29 is 4.79 Å². The lowest BCUT2D eigenvalue weighted by Crippen LogP contribution is -2.34. The molecule has 1 unspecified atom stereocenters. The predicted octanol–water partition coefficient (Wildman–Crippen LogP) is 5.46. The number of hydrogen-bond acceptors (Lipinski definition) is 5. The minimum Gasteiger partial charge on any atom is -0.334 e. The number of amides is 1. The van der Waals surface area contributed by atoms with E-state index in [1.165, 1.54) is 17.3 Å². The van der Waals surface area contributed by atoms with E-state index in [9.17, 15) is 9.59 Å². The van der Waals surface area contributed by atoms with Crippen LogP contribution in [-0.4, -0.2) is 35.9 Å². The molecular weight excluding hydrogens is 506 g/mol. The van der Waals surface area contributed by atoms with Crippen LogP contribution in [-0.2, 0) is 17.9 Å². The van der Waals surface area contributed by atoms with Gasteiger partial charge in [0.2, 0.25) is 5.91 Å². The maximum Gasteiger partial charge on any atom is 0.265 e. The van der Waals surface area contributed by atoms with Gasteiger partial charge in [-0.05, 0) is 48.2 Å². The topological polar surface area (TPSA) is 73.0 Å². The van der Waals surface area contributed by atoms with Crippen molar-refractivity contribution in [3.8, 4) is 5.69 Å². The smallest absolute Gasteiger partial charge is 0.265 e. The molecule has 39 heavy (non-hydrogen) atoms. The molecule has 3 heterocycles. The lowest BCUT2D eigenvalue weighted by Gasteiger charge is -2.25. The molecule has 1 aliphatic rings. The van der Waals surface area contributed by atoms with Gasteiger partial charge < -0.3 is 4.90 Å². The largest absolute Gasteiger partial charge is 0.334 e. The van der Waals surface area contributed by atoms with Crippen molar-refractivity contribution in [2.24, 2.45) is 0 Å². The number of aryl methyl sites for hydroxylation is 2. The first-order valence-corrected chi connectivity index (χ1v) is 14.0. The van der Waals surface area contributed by atoms with Crippen molar-refractivity contribution in [2.75, 3.05) is 5.75 Å². The van der Waals surface area contributed by atoms with E-state index >= 15 is 0 Å². The fourth-order valence-corrected chi connectivity index (χ4v) is 6.13. The van der Waals surface area contributed by atoms with E-state index in [0.29, 0.717) is 35.0 Å². The van der Waals surface area contributed by atoms with Gasteiger partial charge in [-0.1, -0.05) is 78.5 Å². The molecule has 5 aromatic rings. The second kappa shape index (κ2) is 10.5. The van der Waals surface area contributed by atoms with Crippen molar-refractivity contribution in [2.45, 2.75) is 44.6 Å². The van der Waals surface area contributed by atoms with Gasteiger partial charge in [0.1, 0.15) is 5.39 Å². The van der Waals surface area contributed by atoms with E-state index in [1.807, 2.05) is 77.7 Å². The molecule has 0 saturated carbocycles. The Morgan fingerprint density at radius 3 is 2.26 bits per heavy atom. The zero-order valence-corrected chi connectivity index (χ0v) is 22.8. The Morgan fingerprint density at radius 1 is 0.949 bits per heavy atom. The highest BCUT2D eigenvalue weighted by molar-refractivity contribution is 7.99. The number of aromatic nitrogens is 4. The molecule has 0 fully saturated rings. The van der Waals surface area contributed by atoms with Gasteiger partial charge in [0.05, 0.1) is 17.9 Å². The first-order chi connectivity index (χ1) is 19.0. The summed E-state index contributed by atoms with van der Waals surface area (Å²) >= 11 is 1.52. The standard InChI is InChI=1S/C31H29N5O2S/c1-21-13-14-25(15-22(21)2)36-29-27(17-32-36)30(38)35-26(20-39-31(35)33-29)16-28(37)34(18-23-9-5-3-6-10-23)19-24-11-7-4-8-12-24/h3-15,17,26H,16,18-20H2,1-2H3. The molecule has 0 bridgehead atoms. The summed E-state index contributed by atoms with van der Waals surface area (Å²) in [5.74, 6) is 0.640. The third-order valence-corrected chi connectivity index (χ3v) is 8.40. The van der Waals surface area contributed by atoms with Gasteiger partial charge in [0, 0.05) is 25.3 Å². The SMILES string of the molecule is Cc1ccc(-n2ncc3c(=O)n4c(nc32)SCC4CC(=O)N(Cc2ccccc2)Cc2ccccc2)cc1C. The summed E-state index contributed by atoms with van der Waals surface area (Å²) in [5.41, 5.74) is 5.76.